The van der Waals surface area contributed by atoms with Crippen LogP contribution in [0.5, 0.6) is 0 Å². The van der Waals surface area contributed by atoms with Crippen molar-refractivity contribution in [3.05, 3.63) is 34.5 Å². The molecular weight excluding hydrogens is 268 g/mol. The molecule has 6 heteroatoms. The molecule has 0 radical (unpaired) electrons. The lowest BCUT2D eigenvalue weighted by molar-refractivity contribution is 0.0697. The molecule has 0 bridgehead atoms. The normalized spacial score (nSPS) is 15.3. The van der Waals surface area contributed by atoms with Crippen LogP contribution in [-0.2, 0) is 4.74 Å². The van der Waals surface area contributed by atoms with E-state index in [4.69, 9.17) is 21.4 Å². The Kier molecular flexibility index (Phi) is 4.39. The van der Waals surface area contributed by atoms with E-state index in [1.807, 2.05) is 4.90 Å². The van der Waals surface area contributed by atoms with Crippen LogP contribution in [0.1, 0.15) is 16.8 Å². The van der Waals surface area contributed by atoms with E-state index in [2.05, 4.69) is 11.1 Å². The number of halogens is 1. The lowest BCUT2D eigenvalue weighted by atomic mass is 10.1. The molecule has 0 aromatic carbocycles. The van der Waals surface area contributed by atoms with Crippen molar-refractivity contribution in [3.63, 3.8) is 0 Å². The minimum atomic E-state index is -1.04. The Balaban J connectivity index is 2.16. The van der Waals surface area contributed by atoms with Crippen LogP contribution in [0, 0.1) is 0 Å². The molecule has 19 heavy (non-hydrogen) atoms. The van der Waals surface area contributed by atoms with E-state index in [0.29, 0.717) is 19.0 Å². The van der Waals surface area contributed by atoms with Gasteiger partial charge in [-0.25, -0.2) is 9.78 Å². The third-order valence-corrected chi connectivity index (χ3v) is 3.33. The number of nitrogens with zero attached hydrogens (tertiary/aromatic N) is 2. The minimum Gasteiger partial charge on any atom is -0.478 e. The fourth-order valence-corrected chi connectivity index (χ4v) is 2.18. The molecule has 5 nitrogen and oxygen atoms in total. The van der Waals surface area contributed by atoms with Crippen molar-refractivity contribution >= 4 is 23.4 Å². The molecule has 0 aliphatic carbocycles. The van der Waals surface area contributed by atoms with Gasteiger partial charge in [-0.3, -0.25) is 0 Å². The molecular formula is C13H15ClN2O3. The zero-order valence-corrected chi connectivity index (χ0v) is 11.4. The molecule has 1 aliphatic rings. The summed E-state index contributed by atoms with van der Waals surface area (Å²) < 4.78 is 5.09. The molecule has 1 aromatic heterocycles. The van der Waals surface area contributed by atoms with Crippen molar-refractivity contribution in [1.82, 2.24) is 4.98 Å². The molecule has 1 aliphatic heterocycles. The number of pyridine rings is 1. The van der Waals surface area contributed by atoms with Gasteiger partial charge >= 0.3 is 5.97 Å². The Morgan fingerprint density at radius 3 is 3.00 bits per heavy atom. The van der Waals surface area contributed by atoms with Gasteiger partial charge < -0.3 is 14.7 Å². The molecule has 1 N–H and O–H groups in total. The van der Waals surface area contributed by atoms with Crippen molar-refractivity contribution in [3.8, 4) is 0 Å². The number of rotatable bonds is 4. The number of anilines is 1. The predicted molar refractivity (Wildman–Crippen MR) is 73.0 cm³/mol. The SMILES string of the molecule is COCC1=CCN(c2cc(C(=O)O)c(Cl)cn2)CC1. The first-order valence-electron chi connectivity index (χ1n) is 5.92. The highest BCUT2D eigenvalue weighted by molar-refractivity contribution is 6.33. The summed E-state index contributed by atoms with van der Waals surface area (Å²) in [7, 11) is 1.67. The van der Waals surface area contributed by atoms with Crippen LogP contribution in [0.25, 0.3) is 0 Å². The predicted octanol–water partition coefficient (Wildman–Crippen LogP) is 2.22. The van der Waals surface area contributed by atoms with Crippen LogP contribution in [0.3, 0.4) is 0 Å². The Labute approximate surface area is 116 Å². The van der Waals surface area contributed by atoms with Gasteiger partial charge in [0.05, 0.1) is 17.2 Å². The van der Waals surface area contributed by atoms with Gasteiger partial charge in [0.25, 0.3) is 0 Å². The highest BCUT2D eigenvalue weighted by Crippen LogP contribution is 2.23. The van der Waals surface area contributed by atoms with Gasteiger partial charge in [-0.05, 0) is 18.1 Å². The minimum absolute atomic E-state index is 0.0818. The summed E-state index contributed by atoms with van der Waals surface area (Å²) in [4.78, 5) is 17.2. The summed E-state index contributed by atoms with van der Waals surface area (Å²) in [6.07, 6.45) is 4.36. The number of aromatic carboxylic acids is 1. The van der Waals surface area contributed by atoms with Gasteiger partial charge in [-0.15, -0.1) is 0 Å². The highest BCUT2D eigenvalue weighted by atomic mass is 35.5. The maximum Gasteiger partial charge on any atom is 0.337 e. The van der Waals surface area contributed by atoms with Crippen LogP contribution in [0.4, 0.5) is 5.82 Å². The van der Waals surface area contributed by atoms with Crippen molar-refractivity contribution in [2.24, 2.45) is 0 Å². The molecule has 0 saturated carbocycles. The first kappa shape index (κ1) is 13.8. The number of carboxylic acid groups (broad SMARTS) is 1. The van der Waals surface area contributed by atoms with Gasteiger partial charge in [0, 0.05) is 26.4 Å². The molecule has 0 fully saturated rings. The zero-order chi connectivity index (χ0) is 13.8. The van der Waals surface area contributed by atoms with Crippen LogP contribution in [0.2, 0.25) is 5.02 Å². The van der Waals surface area contributed by atoms with Crippen LogP contribution in [-0.4, -0.2) is 42.9 Å². The monoisotopic (exact) mass is 282 g/mol. The summed E-state index contributed by atoms with van der Waals surface area (Å²) in [6, 6.07) is 1.51. The summed E-state index contributed by atoms with van der Waals surface area (Å²) >= 11 is 5.80. The summed E-state index contributed by atoms with van der Waals surface area (Å²) in [6.45, 7) is 2.14. The first-order chi connectivity index (χ1) is 9.11. The molecule has 0 atom stereocenters. The van der Waals surface area contributed by atoms with E-state index in [0.717, 1.165) is 13.0 Å². The topological polar surface area (TPSA) is 62.7 Å². The van der Waals surface area contributed by atoms with Crippen LogP contribution in [0.15, 0.2) is 23.9 Å². The van der Waals surface area contributed by atoms with Crippen LogP contribution >= 0.6 is 11.6 Å². The van der Waals surface area contributed by atoms with E-state index in [9.17, 15) is 4.79 Å². The number of aromatic nitrogens is 1. The first-order valence-corrected chi connectivity index (χ1v) is 6.30. The maximum atomic E-state index is 11.0. The van der Waals surface area contributed by atoms with Crippen molar-refractivity contribution < 1.29 is 14.6 Å². The number of hydrogen-bond acceptors (Lipinski definition) is 4. The third kappa shape index (κ3) is 3.24. The van der Waals surface area contributed by atoms with Gasteiger partial charge in [0.1, 0.15) is 5.82 Å². The second-order valence-electron chi connectivity index (χ2n) is 4.32. The van der Waals surface area contributed by atoms with E-state index in [1.165, 1.54) is 17.8 Å². The fourth-order valence-electron chi connectivity index (χ4n) is 2.00. The number of methoxy groups -OCH3 is 1. The molecule has 2 heterocycles. The highest BCUT2D eigenvalue weighted by Gasteiger charge is 2.16. The van der Waals surface area contributed by atoms with Crippen molar-refractivity contribution in [2.75, 3.05) is 31.7 Å². The molecule has 0 saturated heterocycles. The molecule has 0 unspecified atom stereocenters. The van der Waals surface area contributed by atoms with E-state index in [-0.39, 0.29) is 10.6 Å². The Bertz CT molecular complexity index is 517. The molecule has 0 amide bonds. The van der Waals surface area contributed by atoms with Crippen molar-refractivity contribution in [1.29, 1.82) is 0 Å². The lowest BCUT2D eigenvalue weighted by Gasteiger charge is -2.27. The average Bonchev–Trinajstić information content (AvgIpc) is 2.40. The quantitative estimate of drug-likeness (QED) is 0.858. The smallest absolute Gasteiger partial charge is 0.337 e. The average molecular weight is 283 g/mol. The summed E-state index contributed by atoms with van der Waals surface area (Å²) in [5.41, 5.74) is 1.34. The number of carbonyl (C=O) groups is 1. The van der Waals surface area contributed by atoms with Crippen LogP contribution < -0.4 is 4.90 Å². The Morgan fingerprint density at radius 2 is 2.42 bits per heavy atom. The molecule has 102 valence electrons. The fraction of sp³-hybridized carbons (Fsp3) is 0.385. The third-order valence-electron chi connectivity index (χ3n) is 3.03. The molecule has 0 spiro atoms. The number of carboxylic acids is 1. The van der Waals surface area contributed by atoms with Crippen molar-refractivity contribution in [2.45, 2.75) is 6.42 Å². The van der Waals surface area contributed by atoms with E-state index < -0.39 is 5.97 Å². The van der Waals surface area contributed by atoms with Gasteiger partial charge in [-0.1, -0.05) is 17.7 Å². The standard InChI is InChI=1S/C13H15ClN2O3/c1-19-8-9-2-4-16(5-3-9)12-6-10(13(17)18)11(14)7-15-12/h2,6-7H,3-5,8H2,1H3,(H,17,18). The largest absolute Gasteiger partial charge is 0.478 e. The summed E-state index contributed by atoms with van der Waals surface area (Å²) in [5, 5.41) is 9.20. The molecule has 1 aromatic rings. The Hall–Kier alpha value is -1.59. The number of ether oxygens (including phenoxy) is 1. The second kappa shape index (κ2) is 6.04. The second-order valence-corrected chi connectivity index (χ2v) is 4.73. The summed E-state index contributed by atoms with van der Waals surface area (Å²) in [5.74, 6) is -0.407. The van der Waals surface area contributed by atoms with E-state index >= 15 is 0 Å². The molecule has 2 rings (SSSR count). The van der Waals surface area contributed by atoms with Gasteiger partial charge in [0.15, 0.2) is 0 Å². The van der Waals surface area contributed by atoms with Gasteiger partial charge in [-0.2, -0.15) is 0 Å². The number of hydrogen-bond donors (Lipinski definition) is 1. The maximum absolute atomic E-state index is 11.0. The van der Waals surface area contributed by atoms with E-state index in [1.54, 1.807) is 7.11 Å². The van der Waals surface area contributed by atoms with Gasteiger partial charge in [0.2, 0.25) is 0 Å². The lowest BCUT2D eigenvalue weighted by Crippen LogP contribution is -2.30. The zero-order valence-electron chi connectivity index (χ0n) is 10.6. The Morgan fingerprint density at radius 1 is 1.63 bits per heavy atom.